The molecule has 0 bridgehead atoms. The fourth-order valence-corrected chi connectivity index (χ4v) is 3.29. The molecule has 0 aliphatic carbocycles. The van der Waals surface area contributed by atoms with Gasteiger partial charge in [0.1, 0.15) is 17.3 Å². The van der Waals surface area contributed by atoms with Gasteiger partial charge in [-0.3, -0.25) is 4.79 Å². The molecular weight excluding hydrogens is 312 g/mol. The van der Waals surface area contributed by atoms with Gasteiger partial charge in [0.05, 0.1) is 0 Å². The van der Waals surface area contributed by atoms with Gasteiger partial charge in [-0.1, -0.05) is 32.0 Å². The zero-order valence-electron chi connectivity index (χ0n) is 15.5. The predicted molar refractivity (Wildman–Crippen MR) is 100 cm³/mol. The van der Waals surface area contributed by atoms with Crippen LogP contribution in [0, 0.1) is 13.8 Å². The maximum Gasteiger partial charge on any atom is 0.272 e. The second-order valence-corrected chi connectivity index (χ2v) is 7.00. The van der Waals surface area contributed by atoms with E-state index in [1.165, 1.54) is 5.56 Å². The number of aryl methyl sites for hydroxylation is 2. The Morgan fingerprint density at radius 3 is 2.56 bits per heavy atom. The minimum Gasteiger partial charge on any atom is -0.340 e. The predicted octanol–water partition coefficient (Wildman–Crippen LogP) is 4.20. The number of carbonyl (C=O) groups is 1. The van der Waals surface area contributed by atoms with Gasteiger partial charge in [-0.15, -0.1) is 0 Å². The van der Waals surface area contributed by atoms with Gasteiger partial charge in [0.2, 0.25) is 0 Å². The summed E-state index contributed by atoms with van der Waals surface area (Å²) in [5.41, 5.74) is 3.94. The van der Waals surface area contributed by atoms with Gasteiger partial charge in [0.15, 0.2) is 0 Å². The quantitative estimate of drug-likeness (QED) is 0.908. The van der Waals surface area contributed by atoms with Crippen LogP contribution < -0.4 is 5.32 Å². The third-order valence-electron chi connectivity index (χ3n) is 4.63. The van der Waals surface area contributed by atoms with Gasteiger partial charge in [0, 0.05) is 24.8 Å². The van der Waals surface area contributed by atoms with Gasteiger partial charge >= 0.3 is 0 Å². The van der Waals surface area contributed by atoms with Crippen molar-refractivity contribution in [3.8, 4) is 0 Å². The van der Waals surface area contributed by atoms with E-state index in [1.807, 2.05) is 11.8 Å². The minimum atomic E-state index is -0.0000772. The molecule has 0 saturated carbocycles. The molecule has 0 unspecified atom stereocenters. The van der Waals surface area contributed by atoms with E-state index >= 15 is 0 Å². The molecule has 0 spiro atoms. The highest BCUT2D eigenvalue weighted by Gasteiger charge is 2.22. The average Bonchev–Trinajstić information content (AvgIpc) is 3.09. The van der Waals surface area contributed by atoms with Crippen molar-refractivity contribution < 1.29 is 4.79 Å². The molecule has 2 heterocycles. The zero-order valence-corrected chi connectivity index (χ0v) is 15.5. The summed E-state index contributed by atoms with van der Waals surface area (Å²) in [6.45, 7) is 9.90. The number of likely N-dealkylation sites (tertiary alicyclic amines) is 1. The third-order valence-corrected chi connectivity index (χ3v) is 4.63. The highest BCUT2D eigenvalue weighted by molar-refractivity contribution is 5.93. The molecule has 5 nitrogen and oxygen atoms in total. The summed E-state index contributed by atoms with van der Waals surface area (Å²) in [6, 6.07) is 8.05. The van der Waals surface area contributed by atoms with Crippen LogP contribution in [-0.2, 0) is 0 Å². The first kappa shape index (κ1) is 17.4. The van der Waals surface area contributed by atoms with E-state index in [-0.39, 0.29) is 5.91 Å². The largest absolute Gasteiger partial charge is 0.340 e. The number of rotatable bonds is 4. The Balaban J connectivity index is 1.93. The topological polar surface area (TPSA) is 58.1 Å². The van der Waals surface area contributed by atoms with E-state index in [9.17, 15) is 4.79 Å². The summed E-state index contributed by atoms with van der Waals surface area (Å²) in [4.78, 5) is 23.4. The van der Waals surface area contributed by atoms with Crippen LogP contribution in [0.5, 0.6) is 0 Å². The van der Waals surface area contributed by atoms with Crippen molar-refractivity contribution in [3.05, 3.63) is 46.9 Å². The molecule has 1 aromatic carbocycles. The molecule has 0 radical (unpaired) electrons. The number of nitrogens with zero attached hydrogens (tertiary/aromatic N) is 3. The van der Waals surface area contributed by atoms with E-state index in [0.717, 1.165) is 37.2 Å². The molecule has 1 fully saturated rings. The van der Waals surface area contributed by atoms with Crippen LogP contribution in [0.25, 0.3) is 0 Å². The lowest BCUT2D eigenvalue weighted by Gasteiger charge is -2.18. The third kappa shape index (κ3) is 3.81. The molecule has 2 aromatic rings. The van der Waals surface area contributed by atoms with Crippen LogP contribution in [0.1, 0.15) is 60.0 Å². The first-order chi connectivity index (χ1) is 12.0. The smallest absolute Gasteiger partial charge is 0.272 e. The monoisotopic (exact) mass is 338 g/mol. The molecular formula is C20H26N4O. The van der Waals surface area contributed by atoms with Gasteiger partial charge < -0.3 is 10.2 Å². The summed E-state index contributed by atoms with van der Waals surface area (Å²) < 4.78 is 0. The number of benzene rings is 1. The summed E-state index contributed by atoms with van der Waals surface area (Å²) in [5.74, 6) is 1.68. The Kier molecular flexibility index (Phi) is 5.02. The van der Waals surface area contributed by atoms with Gasteiger partial charge in [-0.05, 0) is 43.7 Å². The maximum absolute atomic E-state index is 12.7. The lowest BCUT2D eigenvalue weighted by Crippen LogP contribution is -2.28. The Labute approximate surface area is 149 Å². The molecule has 1 aliphatic rings. The van der Waals surface area contributed by atoms with E-state index in [1.54, 1.807) is 6.07 Å². The number of para-hydroxylation sites is 1. The van der Waals surface area contributed by atoms with Gasteiger partial charge in [0.25, 0.3) is 5.91 Å². The molecule has 1 aliphatic heterocycles. The van der Waals surface area contributed by atoms with Gasteiger partial charge in [-0.2, -0.15) is 0 Å². The van der Waals surface area contributed by atoms with Crippen LogP contribution in [0.2, 0.25) is 0 Å². The number of hydrogen-bond donors (Lipinski definition) is 1. The first-order valence-electron chi connectivity index (χ1n) is 8.97. The number of aromatic nitrogens is 2. The molecule has 1 amide bonds. The van der Waals surface area contributed by atoms with Crippen LogP contribution in [0.4, 0.5) is 11.5 Å². The summed E-state index contributed by atoms with van der Waals surface area (Å²) in [5, 5.41) is 3.43. The summed E-state index contributed by atoms with van der Waals surface area (Å²) >= 11 is 0. The van der Waals surface area contributed by atoms with Crippen LogP contribution in [0.15, 0.2) is 24.3 Å². The molecule has 0 atom stereocenters. The van der Waals surface area contributed by atoms with E-state index < -0.39 is 0 Å². The van der Waals surface area contributed by atoms with Crippen molar-refractivity contribution in [2.45, 2.75) is 46.5 Å². The van der Waals surface area contributed by atoms with Crippen LogP contribution in [0.3, 0.4) is 0 Å². The molecule has 3 rings (SSSR count). The van der Waals surface area contributed by atoms with E-state index in [0.29, 0.717) is 23.3 Å². The normalized spacial score (nSPS) is 14.2. The average molecular weight is 338 g/mol. The first-order valence-corrected chi connectivity index (χ1v) is 8.97. The standard InChI is InChI=1S/C20H26N4O/c1-13(2)16-9-7-8-14(3)19(16)23-18-12-17(21-15(4)22-18)20(25)24-10-5-6-11-24/h7-9,12-13H,5-6,10-11H2,1-4H3,(H,21,22,23). The van der Waals surface area contributed by atoms with E-state index in [2.05, 4.69) is 54.3 Å². The Morgan fingerprint density at radius 2 is 1.88 bits per heavy atom. The van der Waals surface area contributed by atoms with Crippen molar-refractivity contribution in [1.29, 1.82) is 0 Å². The molecule has 132 valence electrons. The highest BCUT2D eigenvalue weighted by atomic mass is 16.2. The molecule has 25 heavy (non-hydrogen) atoms. The van der Waals surface area contributed by atoms with Gasteiger partial charge in [-0.25, -0.2) is 9.97 Å². The Bertz CT molecular complexity index is 779. The van der Waals surface area contributed by atoms with Crippen molar-refractivity contribution in [2.75, 3.05) is 18.4 Å². The lowest BCUT2D eigenvalue weighted by molar-refractivity contribution is 0.0786. The van der Waals surface area contributed by atoms with Crippen LogP contribution >= 0.6 is 0 Å². The van der Waals surface area contributed by atoms with Crippen molar-refractivity contribution in [2.24, 2.45) is 0 Å². The second kappa shape index (κ2) is 7.21. The summed E-state index contributed by atoms with van der Waals surface area (Å²) in [6.07, 6.45) is 2.14. The number of nitrogens with one attached hydrogen (secondary N) is 1. The summed E-state index contributed by atoms with van der Waals surface area (Å²) in [7, 11) is 0. The van der Waals surface area contributed by atoms with Crippen LogP contribution in [-0.4, -0.2) is 33.9 Å². The maximum atomic E-state index is 12.7. The second-order valence-electron chi connectivity index (χ2n) is 7.00. The number of carbonyl (C=O) groups excluding carboxylic acids is 1. The SMILES string of the molecule is Cc1nc(Nc2c(C)cccc2C(C)C)cc(C(=O)N2CCCC2)n1. The highest BCUT2D eigenvalue weighted by Crippen LogP contribution is 2.30. The van der Waals surface area contributed by atoms with Crippen molar-refractivity contribution >= 4 is 17.4 Å². The van der Waals surface area contributed by atoms with Crippen molar-refractivity contribution in [3.63, 3.8) is 0 Å². The zero-order chi connectivity index (χ0) is 18.0. The molecule has 1 aromatic heterocycles. The number of hydrogen-bond acceptors (Lipinski definition) is 4. The van der Waals surface area contributed by atoms with Crippen molar-refractivity contribution in [1.82, 2.24) is 14.9 Å². The number of amides is 1. The fraction of sp³-hybridized carbons (Fsp3) is 0.450. The number of anilines is 2. The van der Waals surface area contributed by atoms with E-state index in [4.69, 9.17) is 0 Å². The molecule has 1 saturated heterocycles. The lowest BCUT2D eigenvalue weighted by atomic mass is 9.98. The molecule has 1 N–H and O–H groups in total. The Hall–Kier alpha value is -2.43. The Morgan fingerprint density at radius 1 is 1.16 bits per heavy atom. The minimum absolute atomic E-state index is 0.0000772. The fourth-order valence-electron chi connectivity index (χ4n) is 3.29. The molecule has 5 heteroatoms.